The van der Waals surface area contributed by atoms with Gasteiger partial charge in [0.05, 0.1) is 0 Å². The van der Waals surface area contributed by atoms with E-state index in [1.807, 2.05) is 12.2 Å². The van der Waals surface area contributed by atoms with Crippen molar-refractivity contribution in [3.05, 3.63) is 59.4 Å². The molecule has 3 unspecified atom stereocenters. The summed E-state index contributed by atoms with van der Waals surface area (Å²) in [7, 11) is 0. The topological polar surface area (TPSA) is 63.6 Å². The molecule has 0 radical (unpaired) electrons. The number of hydrogen-bond donors (Lipinski definition) is 1. The number of carbonyl (C=O) groups is 2. The van der Waals surface area contributed by atoms with Crippen LogP contribution in [0.2, 0.25) is 0 Å². The number of fused-ring (bicyclic) bond motifs is 1. The molecule has 4 nitrogen and oxygen atoms in total. The van der Waals surface area contributed by atoms with Gasteiger partial charge < -0.3 is 9.84 Å². The molecule has 3 rings (SSSR count). The van der Waals surface area contributed by atoms with Crippen LogP contribution in [-0.2, 0) is 14.3 Å². The van der Waals surface area contributed by atoms with Gasteiger partial charge in [-0.3, -0.25) is 4.79 Å². The fraction of sp³-hybridized carbons (Fsp3) is 0.400. The van der Waals surface area contributed by atoms with Crippen molar-refractivity contribution >= 4 is 12.3 Å². The lowest BCUT2D eigenvalue weighted by atomic mass is 9.75. The number of aliphatic carboxylic acids is 1. The molecule has 0 fully saturated rings. The van der Waals surface area contributed by atoms with Crippen molar-refractivity contribution in [1.82, 2.24) is 0 Å². The van der Waals surface area contributed by atoms with E-state index in [0.29, 0.717) is 23.2 Å². The zero-order valence-corrected chi connectivity index (χ0v) is 13.6. The monoisotopic (exact) mass is 326 g/mol. The van der Waals surface area contributed by atoms with Crippen molar-refractivity contribution < 1.29 is 19.4 Å². The molecule has 4 heteroatoms. The summed E-state index contributed by atoms with van der Waals surface area (Å²) in [6, 6.07) is 0. The van der Waals surface area contributed by atoms with E-state index in [1.165, 1.54) is 6.42 Å². The number of carboxylic acids is 1. The van der Waals surface area contributed by atoms with Crippen LogP contribution in [0.3, 0.4) is 0 Å². The normalized spacial score (nSPS) is 28.3. The lowest BCUT2D eigenvalue weighted by Gasteiger charge is -2.30. The van der Waals surface area contributed by atoms with Gasteiger partial charge in [0.15, 0.2) is 6.61 Å². The molecule has 0 aliphatic heterocycles. The van der Waals surface area contributed by atoms with Crippen LogP contribution in [0.1, 0.15) is 25.7 Å². The number of hydrogen-bond acceptors (Lipinski definition) is 3. The summed E-state index contributed by atoms with van der Waals surface area (Å²) in [6.45, 7) is 3.49. The molecule has 0 heterocycles. The van der Waals surface area contributed by atoms with Gasteiger partial charge in [-0.2, -0.15) is 0 Å². The van der Waals surface area contributed by atoms with E-state index in [-0.39, 0.29) is 12.5 Å². The highest BCUT2D eigenvalue weighted by molar-refractivity contribution is 5.83. The molecule has 0 saturated carbocycles. The molecular formula is C20H22O4. The van der Waals surface area contributed by atoms with Gasteiger partial charge in [-0.25, -0.2) is 4.79 Å². The van der Waals surface area contributed by atoms with Gasteiger partial charge in [0.25, 0.3) is 0 Å². The molecule has 3 atom stereocenters. The molecule has 0 spiro atoms. The Bertz CT molecular complexity index is 678. The molecule has 126 valence electrons. The van der Waals surface area contributed by atoms with Crippen molar-refractivity contribution in [2.75, 3.05) is 6.61 Å². The van der Waals surface area contributed by atoms with Crippen LogP contribution >= 0.6 is 0 Å². The van der Waals surface area contributed by atoms with Crippen LogP contribution < -0.4 is 0 Å². The zero-order chi connectivity index (χ0) is 17.1. The minimum Gasteiger partial charge on any atom is -0.482 e. The number of rotatable bonds is 6. The maximum Gasteiger partial charge on any atom is 0.341 e. The van der Waals surface area contributed by atoms with Crippen molar-refractivity contribution in [3.8, 4) is 0 Å². The minimum absolute atomic E-state index is 0.221. The quantitative estimate of drug-likeness (QED) is 0.460. The summed E-state index contributed by atoms with van der Waals surface area (Å²) in [5, 5.41) is 8.89. The van der Waals surface area contributed by atoms with Crippen molar-refractivity contribution in [2.45, 2.75) is 25.7 Å². The van der Waals surface area contributed by atoms with E-state index in [1.54, 1.807) is 0 Å². The fourth-order valence-corrected chi connectivity index (χ4v) is 3.98. The first-order valence-electron chi connectivity index (χ1n) is 8.40. The third-order valence-corrected chi connectivity index (χ3v) is 5.03. The van der Waals surface area contributed by atoms with Crippen LogP contribution in [-0.4, -0.2) is 24.0 Å². The van der Waals surface area contributed by atoms with Gasteiger partial charge in [-0.1, -0.05) is 30.9 Å². The van der Waals surface area contributed by atoms with Crippen LogP contribution in [0.5, 0.6) is 0 Å². The number of ether oxygens (including phenoxy) is 1. The highest BCUT2D eigenvalue weighted by atomic mass is 16.5. The molecule has 1 N–H and O–H groups in total. The van der Waals surface area contributed by atoms with Gasteiger partial charge >= 0.3 is 5.97 Å². The molecule has 3 aliphatic carbocycles. The van der Waals surface area contributed by atoms with Crippen LogP contribution in [0.15, 0.2) is 59.4 Å². The first-order valence-corrected chi connectivity index (χ1v) is 8.40. The Labute approximate surface area is 141 Å². The molecule has 0 saturated heterocycles. The van der Waals surface area contributed by atoms with Gasteiger partial charge in [-0.05, 0) is 55.1 Å². The van der Waals surface area contributed by atoms with E-state index in [2.05, 4.69) is 24.8 Å². The summed E-state index contributed by atoms with van der Waals surface area (Å²) < 4.78 is 5.50. The Kier molecular flexibility index (Phi) is 4.84. The first kappa shape index (κ1) is 16.5. The summed E-state index contributed by atoms with van der Waals surface area (Å²) >= 11 is 0. The number of carbonyl (C=O) groups excluding carboxylic acids is 1. The Morgan fingerprint density at radius 2 is 2.25 bits per heavy atom. The number of aldehydes is 1. The average molecular weight is 326 g/mol. The maximum absolute atomic E-state index is 11.3. The van der Waals surface area contributed by atoms with Gasteiger partial charge in [0.1, 0.15) is 12.0 Å². The summed E-state index contributed by atoms with van der Waals surface area (Å²) in [5.74, 6) is 0.520. The summed E-state index contributed by atoms with van der Waals surface area (Å²) in [5.41, 5.74) is 2.20. The molecule has 0 aromatic rings. The molecule has 0 aromatic carbocycles. The Balaban J connectivity index is 1.98. The second-order valence-corrected chi connectivity index (χ2v) is 6.53. The third kappa shape index (κ3) is 3.14. The Morgan fingerprint density at radius 3 is 2.92 bits per heavy atom. The van der Waals surface area contributed by atoms with E-state index in [4.69, 9.17) is 9.84 Å². The average Bonchev–Trinajstić information content (AvgIpc) is 3.00. The fourth-order valence-electron chi connectivity index (χ4n) is 3.98. The van der Waals surface area contributed by atoms with Crippen LogP contribution in [0.4, 0.5) is 0 Å². The molecule has 0 bridgehead atoms. The Hall–Kier alpha value is -2.36. The van der Waals surface area contributed by atoms with E-state index in [9.17, 15) is 9.59 Å². The van der Waals surface area contributed by atoms with Crippen LogP contribution in [0, 0.1) is 17.8 Å². The van der Waals surface area contributed by atoms with E-state index in [0.717, 1.165) is 36.7 Å². The third-order valence-electron chi connectivity index (χ3n) is 5.03. The highest BCUT2D eigenvalue weighted by Crippen LogP contribution is 2.49. The molecule has 0 amide bonds. The SMILES string of the molecule is C=C(C=O)C1=CC(C2C=CCCC2)C2CC=CC(OCC(=O)O)=C12. The van der Waals surface area contributed by atoms with Gasteiger partial charge in [-0.15, -0.1) is 0 Å². The highest BCUT2D eigenvalue weighted by Gasteiger charge is 2.39. The Morgan fingerprint density at radius 1 is 1.42 bits per heavy atom. The minimum atomic E-state index is -1.01. The number of allylic oxidation sites excluding steroid dienone is 8. The second kappa shape index (κ2) is 7.04. The first-order chi connectivity index (χ1) is 11.6. The van der Waals surface area contributed by atoms with Crippen molar-refractivity contribution in [1.29, 1.82) is 0 Å². The predicted octanol–water partition coefficient (Wildman–Crippen LogP) is 3.59. The lowest BCUT2D eigenvalue weighted by molar-refractivity contribution is -0.140. The summed E-state index contributed by atoms with van der Waals surface area (Å²) in [4.78, 5) is 22.1. The standard InChI is InChI=1S/C20H22O4/c1-13(11-21)16-10-17(14-6-3-2-4-7-14)15-8-5-9-18(20(15)16)24-12-19(22)23/h3,5-6,9-11,14-15,17H,1-2,4,7-8,12H2,(H,22,23). The zero-order valence-electron chi connectivity index (χ0n) is 13.6. The van der Waals surface area contributed by atoms with E-state index >= 15 is 0 Å². The smallest absolute Gasteiger partial charge is 0.341 e. The van der Waals surface area contributed by atoms with Gasteiger partial charge in [0.2, 0.25) is 0 Å². The van der Waals surface area contributed by atoms with Crippen LogP contribution in [0.25, 0.3) is 0 Å². The second-order valence-electron chi connectivity index (χ2n) is 6.53. The lowest BCUT2D eigenvalue weighted by Crippen LogP contribution is -2.22. The molecule has 24 heavy (non-hydrogen) atoms. The van der Waals surface area contributed by atoms with Crippen molar-refractivity contribution in [2.24, 2.45) is 17.8 Å². The van der Waals surface area contributed by atoms with Gasteiger partial charge in [0, 0.05) is 11.1 Å². The molecule has 0 aromatic heterocycles. The number of carboxylic acid groups (broad SMARTS) is 1. The molecule has 3 aliphatic rings. The predicted molar refractivity (Wildman–Crippen MR) is 91.1 cm³/mol. The maximum atomic E-state index is 11.3. The summed E-state index contributed by atoms with van der Waals surface area (Å²) in [6.07, 6.45) is 15.6. The largest absolute Gasteiger partial charge is 0.482 e. The van der Waals surface area contributed by atoms with Crippen molar-refractivity contribution in [3.63, 3.8) is 0 Å². The molecular weight excluding hydrogens is 304 g/mol. The van der Waals surface area contributed by atoms with E-state index < -0.39 is 5.97 Å².